The van der Waals surface area contributed by atoms with Crippen LogP contribution in [0.3, 0.4) is 0 Å². The molecule has 0 spiro atoms. The second-order valence-corrected chi connectivity index (χ2v) is 7.83. The van der Waals surface area contributed by atoms with Crippen molar-refractivity contribution in [2.24, 2.45) is 11.0 Å². The number of allylic oxidation sites excluding steroid dienone is 1. The Morgan fingerprint density at radius 3 is 2.32 bits per heavy atom. The number of rotatable bonds is 5. The van der Waals surface area contributed by atoms with Gasteiger partial charge in [-0.25, -0.2) is 13.8 Å². The minimum Gasteiger partial charge on any atom is -0.481 e. The number of nitrogens with zero attached hydrogens (tertiary/aromatic N) is 2. The van der Waals surface area contributed by atoms with Crippen molar-refractivity contribution in [2.45, 2.75) is 38.1 Å². The quantitative estimate of drug-likeness (QED) is 0.738. The van der Waals surface area contributed by atoms with Crippen LogP contribution in [0.1, 0.15) is 49.3 Å². The van der Waals surface area contributed by atoms with Gasteiger partial charge in [-0.1, -0.05) is 24.3 Å². The van der Waals surface area contributed by atoms with Crippen molar-refractivity contribution in [3.05, 3.63) is 76.9 Å². The summed E-state index contributed by atoms with van der Waals surface area (Å²) in [5.74, 6) is -2.17. The average Bonchev–Trinajstić information content (AvgIpc) is 3.15. The molecule has 0 saturated heterocycles. The molecular formula is C24H22F2N2O3. The van der Waals surface area contributed by atoms with E-state index in [2.05, 4.69) is 5.10 Å². The van der Waals surface area contributed by atoms with E-state index in [1.165, 1.54) is 29.3 Å². The molecule has 31 heavy (non-hydrogen) atoms. The highest BCUT2D eigenvalue weighted by Crippen LogP contribution is 2.44. The van der Waals surface area contributed by atoms with Gasteiger partial charge in [-0.3, -0.25) is 9.59 Å². The topological polar surface area (TPSA) is 70.0 Å². The molecule has 7 heteroatoms. The highest BCUT2D eigenvalue weighted by molar-refractivity contribution is 6.08. The van der Waals surface area contributed by atoms with Crippen LogP contribution in [0, 0.1) is 17.6 Å². The number of amides is 1. The van der Waals surface area contributed by atoms with Gasteiger partial charge in [0.05, 0.1) is 18.2 Å². The van der Waals surface area contributed by atoms with Crippen LogP contribution < -0.4 is 0 Å². The van der Waals surface area contributed by atoms with E-state index in [0.717, 1.165) is 41.7 Å². The first-order valence-electron chi connectivity index (χ1n) is 10.3. The number of hydrazone groups is 1. The van der Waals surface area contributed by atoms with Crippen molar-refractivity contribution in [1.82, 2.24) is 5.01 Å². The van der Waals surface area contributed by atoms with E-state index >= 15 is 0 Å². The Balaban J connectivity index is 1.70. The Morgan fingerprint density at radius 2 is 1.68 bits per heavy atom. The van der Waals surface area contributed by atoms with Gasteiger partial charge in [-0.05, 0) is 66.3 Å². The molecule has 2 aromatic rings. The van der Waals surface area contributed by atoms with Gasteiger partial charge < -0.3 is 5.11 Å². The summed E-state index contributed by atoms with van der Waals surface area (Å²) in [6.45, 7) is 0. The fourth-order valence-electron chi connectivity index (χ4n) is 4.29. The normalized spacial score (nSPS) is 21.7. The van der Waals surface area contributed by atoms with Gasteiger partial charge in [0, 0.05) is 12.3 Å². The SMILES string of the molecule is O=C(O)CCC(=O)N1N=C2/C(=C\c3ccc(F)cc3)CCC[C@H]2[C@H]1c1ccc(F)cc1. The van der Waals surface area contributed by atoms with Crippen molar-refractivity contribution in [1.29, 1.82) is 0 Å². The molecule has 4 rings (SSSR count). The van der Waals surface area contributed by atoms with E-state index in [1.807, 2.05) is 6.08 Å². The van der Waals surface area contributed by atoms with Crippen molar-refractivity contribution in [3.63, 3.8) is 0 Å². The first kappa shape index (κ1) is 20.9. The summed E-state index contributed by atoms with van der Waals surface area (Å²) >= 11 is 0. The minimum atomic E-state index is -1.05. The molecule has 1 aliphatic carbocycles. The molecular weight excluding hydrogens is 402 g/mol. The van der Waals surface area contributed by atoms with E-state index in [1.54, 1.807) is 24.3 Å². The van der Waals surface area contributed by atoms with E-state index in [9.17, 15) is 18.4 Å². The smallest absolute Gasteiger partial charge is 0.303 e. The van der Waals surface area contributed by atoms with E-state index < -0.39 is 12.0 Å². The zero-order chi connectivity index (χ0) is 22.0. The van der Waals surface area contributed by atoms with E-state index in [0.29, 0.717) is 0 Å². The molecule has 1 heterocycles. The molecule has 1 N–H and O–H groups in total. The fourth-order valence-corrected chi connectivity index (χ4v) is 4.29. The number of carbonyl (C=O) groups excluding carboxylic acids is 1. The highest BCUT2D eigenvalue weighted by atomic mass is 19.1. The largest absolute Gasteiger partial charge is 0.481 e. The lowest BCUT2D eigenvalue weighted by Gasteiger charge is -2.29. The Bertz CT molecular complexity index is 1050. The first-order chi connectivity index (χ1) is 14.9. The van der Waals surface area contributed by atoms with Gasteiger partial charge in [0.15, 0.2) is 0 Å². The van der Waals surface area contributed by atoms with E-state index in [4.69, 9.17) is 5.11 Å². The van der Waals surface area contributed by atoms with Crippen LogP contribution >= 0.6 is 0 Å². The third-order valence-corrected chi connectivity index (χ3v) is 5.73. The molecule has 2 atom stereocenters. The molecule has 1 amide bonds. The standard InChI is InChI=1S/C24H22F2N2O3/c25-18-8-4-15(5-9-18)14-17-2-1-3-20-23(17)27-28(21(29)12-13-22(30)31)24(20)16-6-10-19(26)11-7-16/h4-11,14,20,24H,1-3,12-13H2,(H,30,31)/b17-14-/t20-,24-/m1/s1. The van der Waals surface area contributed by atoms with E-state index in [-0.39, 0.29) is 36.3 Å². The lowest BCUT2D eigenvalue weighted by atomic mass is 9.77. The number of fused-ring (bicyclic) bond motifs is 1. The maximum absolute atomic E-state index is 13.5. The summed E-state index contributed by atoms with van der Waals surface area (Å²) in [7, 11) is 0. The predicted octanol–water partition coefficient (Wildman–Crippen LogP) is 4.95. The molecule has 1 saturated carbocycles. The fraction of sp³-hybridized carbons (Fsp3) is 0.292. The van der Waals surface area contributed by atoms with Gasteiger partial charge in [-0.2, -0.15) is 5.10 Å². The van der Waals surface area contributed by atoms with Crippen molar-refractivity contribution in [2.75, 3.05) is 0 Å². The molecule has 1 fully saturated rings. The van der Waals surface area contributed by atoms with Gasteiger partial charge in [0.25, 0.3) is 0 Å². The summed E-state index contributed by atoms with van der Waals surface area (Å²) in [4.78, 5) is 23.8. The lowest BCUT2D eigenvalue weighted by Crippen LogP contribution is -2.32. The average molecular weight is 424 g/mol. The van der Waals surface area contributed by atoms with Crippen LogP contribution in [0.4, 0.5) is 8.78 Å². The highest BCUT2D eigenvalue weighted by Gasteiger charge is 2.43. The van der Waals surface area contributed by atoms with Crippen LogP contribution in [-0.4, -0.2) is 27.7 Å². The van der Waals surface area contributed by atoms with Crippen LogP contribution in [0.25, 0.3) is 6.08 Å². The maximum Gasteiger partial charge on any atom is 0.303 e. The summed E-state index contributed by atoms with van der Waals surface area (Å²) in [5.41, 5.74) is 3.36. The second kappa shape index (κ2) is 8.79. The molecule has 0 unspecified atom stereocenters. The number of carboxylic acids is 1. The molecule has 2 aliphatic rings. The summed E-state index contributed by atoms with van der Waals surface area (Å²) < 4.78 is 26.8. The zero-order valence-electron chi connectivity index (χ0n) is 16.8. The van der Waals surface area contributed by atoms with Crippen molar-refractivity contribution < 1.29 is 23.5 Å². The summed E-state index contributed by atoms with van der Waals surface area (Å²) in [6.07, 6.45) is 4.00. The second-order valence-electron chi connectivity index (χ2n) is 7.83. The molecule has 0 radical (unpaired) electrons. The zero-order valence-corrected chi connectivity index (χ0v) is 16.8. The molecule has 2 aromatic carbocycles. The number of benzene rings is 2. The van der Waals surface area contributed by atoms with Gasteiger partial charge in [-0.15, -0.1) is 0 Å². The monoisotopic (exact) mass is 424 g/mol. The van der Waals surface area contributed by atoms with Crippen molar-refractivity contribution in [3.8, 4) is 0 Å². The maximum atomic E-state index is 13.5. The molecule has 0 bridgehead atoms. The molecule has 160 valence electrons. The Kier molecular flexibility index (Phi) is 5.93. The molecule has 1 aliphatic heterocycles. The third kappa shape index (κ3) is 4.55. The van der Waals surface area contributed by atoms with Crippen LogP contribution in [-0.2, 0) is 9.59 Å². The number of aliphatic carboxylic acids is 1. The third-order valence-electron chi connectivity index (χ3n) is 5.73. The lowest BCUT2D eigenvalue weighted by molar-refractivity contribution is -0.141. The van der Waals surface area contributed by atoms with Crippen molar-refractivity contribution >= 4 is 23.7 Å². The van der Waals surface area contributed by atoms with Crippen LogP contribution in [0.15, 0.2) is 59.2 Å². The van der Waals surface area contributed by atoms with Gasteiger partial charge in [0.2, 0.25) is 5.91 Å². The number of carbonyl (C=O) groups is 2. The minimum absolute atomic E-state index is 0.0697. The van der Waals surface area contributed by atoms with Crippen LogP contribution in [0.5, 0.6) is 0 Å². The van der Waals surface area contributed by atoms with Gasteiger partial charge in [0.1, 0.15) is 11.6 Å². The molecule has 0 aromatic heterocycles. The first-order valence-corrected chi connectivity index (χ1v) is 10.3. The number of hydrogen-bond donors (Lipinski definition) is 1. The van der Waals surface area contributed by atoms with Crippen LogP contribution in [0.2, 0.25) is 0 Å². The Hall–Kier alpha value is -3.35. The number of halogens is 2. The molecule has 5 nitrogen and oxygen atoms in total. The Morgan fingerprint density at radius 1 is 1.03 bits per heavy atom. The van der Waals surface area contributed by atoms with Gasteiger partial charge >= 0.3 is 5.97 Å². The number of carboxylic acid groups (broad SMARTS) is 1. The predicted molar refractivity (Wildman–Crippen MR) is 112 cm³/mol. The number of hydrogen-bond acceptors (Lipinski definition) is 3. The summed E-state index contributed by atoms with van der Waals surface area (Å²) in [5, 5.41) is 15.0. The Labute approximate surface area is 178 Å². The summed E-state index contributed by atoms with van der Waals surface area (Å²) in [6, 6.07) is 11.8.